The van der Waals surface area contributed by atoms with Crippen LogP contribution in [0.2, 0.25) is 0 Å². The number of hydrogen-bond donors (Lipinski definition) is 2. The number of hydrogen-bond acceptors (Lipinski definition) is 7. The van der Waals surface area contributed by atoms with E-state index in [1.165, 1.54) is 6.26 Å². The molecular formula is C18H22N4O3S. The molecule has 1 aromatic heterocycles. The summed E-state index contributed by atoms with van der Waals surface area (Å²) in [5.41, 5.74) is 0.835. The number of fused-ring (bicyclic) bond motifs is 1. The van der Waals surface area contributed by atoms with Gasteiger partial charge >= 0.3 is 0 Å². The molecule has 0 aliphatic carbocycles. The van der Waals surface area contributed by atoms with Gasteiger partial charge in [0, 0.05) is 40.7 Å². The van der Waals surface area contributed by atoms with Crippen LogP contribution in [0.5, 0.6) is 5.75 Å². The van der Waals surface area contributed by atoms with Crippen molar-refractivity contribution in [2.24, 2.45) is 0 Å². The monoisotopic (exact) mass is 374 g/mol. The van der Waals surface area contributed by atoms with Crippen molar-refractivity contribution in [2.45, 2.75) is 18.4 Å². The number of pyridine rings is 1. The Morgan fingerprint density at radius 1 is 1.46 bits per heavy atom. The molecule has 2 heterocycles. The molecule has 7 nitrogen and oxygen atoms in total. The maximum Gasteiger partial charge on any atom is 0.145 e. The molecule has 1 atom stereocenters. The first kappa shape index (κ1) is 18.4. The predicted octanol–water partition coefficient (Wildman–Crippen LogP) is 2.12. The number of nitrogens with one attached hydrogen (secondary N) is 1. The summed E-state index contributed by atoms with van der Waals surface area (Å²) in [6.45, 7) is 1.02. The number of nitriles is 1. The van der Waals surface area contributed by atoms with Crippen LogP contribution in [0, 0.1) is 16.1 Å². The van der Waals surface area contributed by atoms with Crippen LogP contribution in [0.15, 0.2) is 24.4 Å². The molecule has 0 saturated carbocycles. The maximum atomic E-state index is 11.8. The molecule has 0 amide bonds. The van der Waals surface area contributed by atoms with Crippen molar-refractivity contribution in [1.29, 1.82) is 10.0 Å². The second kappa shape index (κ2) is 6.74. The van der Waals surface area contributed by atoms with E-state index in [9.17, 15) is 14.6 Å². The molecule has 1 aliphatic heterocycles. The summed E-state index contributed by atoms with van der Waals surface area (Å²) in [4.78, 5) is 6.42. The fourth-order valence-corrected chi connectivity index (χ4v) is 4.89. The standard InChI is InChI=1S/C18H22N4O3S/c1-25-15-5-3-4-14-16(15)21-11-13(10-19)17(14)22-8-6-18(23,7-9-22)12-26(2,20)24/h3-5,11,20,23H,6-9,12H2,1-2H3/t26-/m0/s1. The molecule has 1 aliphatic rings. The number of benzene rings is 1. The van der Waals surface area contributed by atoms with E-state index >= 15 is 0 Å². The van der Waals surface area contributed by atoms with Gasteiger partial charge < -0.3 is 14.7 Å². The van der Waals surface area contributed by atoms with E-state index in [0.29, 0.717) is 42.8 Å². The fourth-order valence-electron chi connectivity index (χ4n) is 3.57. The third kappa shape index (κ3) is 3.59. The van der Waals surface area contributed by atoms with Gasteiger partial charge in [-0.05, 0) is 18.9 Å². The molecule has 138 valence electrons. The number of rotatable bonds is 4. The van der Waals surface area contributed by atoms with E-state index in [1.54, 1.807) is 13.3 Å². The average Bonchev–Trinajstić information content (AvgIpc) is 2.59. The Kier molecular flexibility index (Phi) is 4.78. The molecule has 2 N–H and O–H groups in total. The smallest absolute Gasteiger partial charge is 0.145 e. The minimum absolute atomic E-state index is 0.0239. The molecule has 0 spiro atoms. The number of ether oxygens (including phenoxy) is 1. The lowest BCUT2D eigenvalue weighted by molar-refractivity contribution is 0.0390. The van der Waals surface area contributed by atoms with Crippen molar-refractivity contribution in [2.75, 3.05) is 37.1 Å². The Balaban J connectivity index is 1.98. The SMILES string of the molecule is COc1cccc2c(N3CCC(O)(C[S@@](C)(=N)=O)CC3)c(C#N)cnc12. The van der Waals surface area contributed by atoms with E-state index in [1.807, 2.05) is 18.2 Å². The van der Waals surface area contributed by atoms with Crippen molar-refractivity contribution >= 4 is 26.3 Å². The molecule has 1 aromatic carbocycles. The predicted molar refractivity (Wildman–Crippen MR) is 101 cm³/mol. The molecule has 8 heteroatoms. The van der Waals surface area contributed by atoms with Crippen LogP contribution in [0.3, 0.4) is 0 Å². The van der Waals surface area contributed by atoms with Crippen LogP contribution in [0.4, 0.5) is 5.69 Å². The highest BCUT2D eigenvalue weighted by atomic mass is 32.2. The largest absolute Gasteiger partial charge is 0.494 e. The highest BCUT2D eigenvalue weighted by Gasteiger charge is 2.35. The summed E-state index contributed by atoms with van der Waals surface area (Å²) in [6.07, 6.45) is 3.70. The van der Waals surface area contributed by atoms with Gasteiger partial charge in [0.2, 0.25) is 0 Å². The quantitative estimate of drug-likeness (QED) is 0.848. The van der Waals surface area contributed by atoms with Crippen LogP contribution >= 0.6 is 0 Å². The molecular weight excluding hydrogens is 352 g/mol. The minimum atomic E-state index is -2.77. The fraction of sp³-hybridized carbons (Fsp3) is 0.444. The van der Waals surface area contributed by atoms with E-state index in [-0.39, 0.29) is 5.75 Å². The summed E-state index contributed by atoms with van der Waals surface area (Å²) >= 11 is 0. The van der Waals surface area contributed by atoms with Gasteiger partial charge in [0.25, 0.3) is 0 Å². The Labute approximate surface area is 153 Å². The average molecular weight is 374 g/mol. The van der Waals surface area contributed by atoms with Crippen molar-refractivity contribution in [1.82, 2.24) is 4.98 Å². The van der Waals surface area contributed by atoms with E-state index in [4.69, 9.17) is 9.52 Å². The first-order valence-corrected chi connectivity index (χ1v) is 10.4. The zero-order valence-electron chi connectivity index (χ0n) is 14.9. The third-order valence-electron chi connectivity index (χ3n) is 4.73. The number of anilines is 1. The van der Waals surface area contributed by atoms with Crippen molar-refractivity contribution in [3.63, 3.8) is 0 Å². The number of nitrogens with zero attached hydrogens (tertiary/aromatic N) is 3. The number of piperidine rings is 1. The molecule has 2 aromatic rings. The summed E-state index contributed by atoms with van der Waals surface area (Å²) in [6, 6.07) is 7.79. The number of methoxy groups -OCH3 is 1. The highest BCUT2D eigenvalue weighted by molar-refractivity contribution is 7.91. The van der Waals surface area contributed by atoms with Crippen LogP contribution in [0.1, 0.15) is 18.4 Å². The van der Waals surface area contributed by atoms with E-state index < -0.39 is 15.3 Å². The number of para-hydroxylation sites is 1. The van der Waals surface area contributed by atoms with Gasteiger partial charge in [0.15, 0.2) is 0 Å². The highest BCUT2D eigenvalue weighted by Crippen LogP contribution is 2.36. The first-order chi connectivity index (χ1) is 12.3. The first-order valence-electron chi connectivity index (χ1n) is 8.31. The number of aromatic nitrogens is 1. The summed E-state index contributed by atoms with van der Waals surface area (Å²) in [7, 11) is -1.19. The minimum Gasteiger partial charge on any atom is -0.494 e. The summed E-state index contributed by atoms with van der Waals surface area (Å²) in [5.74, 6) is 0.617. The van der Waals surface area contributed by atoms with Crippen molar-refractivity contribution in [3.8, 4) is 11.8 Å². The molecule has 3 rings (SSSR count). The topological polar surface area (TPSA) is 110 Å². The Morgan fingerprint density at radius 2 is 2.15 bits per heavy atom. The Bertz CT molecular complexity index is 974. The molecule has 0 radical (unpaired) electrons. The van der Waals surface area contributed by atoms with Gasteiger partial charge in [-0.15, -0.1) is 0 Å². The second-order valence-corrected chi connectivity index (χ2v) is 9.15. The lowest BCUT2D eigenvalue weighted by Crippen LogP contribution is -2.48. The third-order valence-corrected chi connectivity index (χ3v) is 5.82. The van der Waals surface area contributed by atoms with Gasteiger partial charge in [-0.2, -0.15) is 5.26 Å². The van der Waals surface area contributed by atoms with Crippen molar-refractivity contribution in [3.05, 3.63) is 30.0 Å². The van der Waals surface area contributed by atoms with Crippen LogP contribution in [0.25, 0.3) is 10.9 Å². The molecule has 0 bridgehead atoms. The van der Waals surface area contributed by atoms with Gasteiger partial charge in [0.05, 0.1) is 29.7 Å². The van der Waals surface area contributed by atoms with Crippen LogP contribution in [-0.2, 0) is 9.73 Å². The zero-order valence-corrected chi connectivity index (χ0v) is 15.7. The van der Waals surface area contributed by atoms with Crippen molar-refractivity contribution < 1.29 is 14.1 Å². The van der Waals surface area contributed by atoms with Gasteiger partial charge in [0.1, 0.15) is 17.3 Å². The van der Waals surface area contributed by atoms with Gasteiger partial charge in [-0.25, -0.2) is 0 Å². The molecule has 1 fully saturated rings. The zero-order chi connectivity index (χ0) is 18.9. The Morgan fingerprint density at radius 3 is 2.73 bits per heavy atom. The molecule has 1 saturated heterocycles. The lowest BCUT2D eigenvalue weighted by atomic mass is 9.92. The van der Waals surface area contributed by atoms with Crippen LogP contribution in [-0.4, -0.2) is 52.1 Å². The van der Waals surface area contributed by atoms with Gasteiger partial charge in [-0.1, -0.05) is 12.1 Å². The van der Waals surface area contributed by atoms with E-state index in [2.05, 4.69) is 16.0 Å². The summed E-state index contributed by atoms with van der Waals surface area (Å²) in [5, 5.41) is 21.0. The lowest BCUT2D eigenvalue weighted by Gasteiger charge is -2.39. The van der Waals surface area contributed by atoms with Crippen LogP contribution < -0.4 is 9.64 Å². The normalized spacial score (nSPS) is 18.9. The summed E-state index contributed by atoms with van der Waals surface area (Å²) < 4.78 is 24.8. The van der Waals surface area contributed by atoms with Gasteiger partial charge in [-0.3, -0.25) is 14.0 Å². The number of aliphatic hydroxyl groups is 1. The van der Waals surface area contributed by atoms with E-state index in [0.717, 1.165) is 11.1 Å². The Hall–Kier alpha value is -2.37. The second-order valence-electron chi connectivity index (χ2n) is 6.85. The maximum absolute atomic E-state index is 11.8. The molecule has 0 unspecified atom stereocenters. The molecule has 26 heavy (non-hydrogen) atoms.